The summed E-state index contributed by atoms with van der Waals surface area (Å²) in [7, 11) is 0. The van der Waals surface area contributed by atoms with E-state index < -0.39 is 33.1 Å². The highest BCUT2D eigenvalue weighted by atomic mass is 35.5. The number of esters is 1. The van der Waals surface area contributed by atoms with Crippen molar-refractivity contribution in [3.63, 3.8) is 0 Å². The van der Waals surface area contributed by atoms with E-state index in [0.29, 0.717) is 5.56 Å². The summed E-state index contributed by atoms with van der Waals surface area (Å²) in [4.78, 5) is 31.3. The first-order valence-electron chi connectivity index (χ1n) is 6.32. The molecule has 0 aliphatic rings. The molecule has 1 aromatic rings. The van der Waals surface area contributed by atoms with Gasteiger partial charge in [0.15, 0.2) is 4.84 Å². The Kier molecular flexibility index (Phi) is 7.54. The van der Waals surface area contributed by atoms with Crippen molar-refractivity contribution in [3.8, 4) is 0 Å². The van der Waals surface area contributed by atoms with E-state index in [2.05, 4.69) is 5.32 Å². The summed E-state index contributed by atoms with van der Waals surface area (Å²) in [6.07, 6.45) is 0. The first kappa shape index (κ1) is 19.5. The number of nitrogens with one attached hydrogen (secondary N) is 1. The predicted molar refractivity (Wildman–Crippen MR) is 85.7 cm³/mol. The van der Waals surface area contributed by atoms with E-state index >= 15 is 0 Å². The number of nitrogens with zero attached hydrogens (tertiary/aromatic N) is 1. The molecule has 0 radical (unpaired) electrons. The van der Waals surface area contributed by atoms with E-state index in [-0.39, 0.29) is 12.3 Å². The SMILES string of the molecule is CC(=O)OCC(NC(=O)C(Cl)Cl)C(Cl)c1ccc([N+](=O)[O-])cc1. The molecule has 0 aliphatic heterocycles. The van der Waals surface area contributed by atoms with Crippen molar-refractivity contribution in [3.05, 3.63) is 39.9 Å². The molecule has 0 heterocycles. The van der Waals surface area contributed by atoms with Crippen molar-refractivity contribution < 1.29 is 19.2 Å². The molecule has 7 nitrogen and oxygen atoms in total. The van der Waals surface area contributed by atoms with Crippen LogP contribution in [0.1, 0.15) is 17.9 Å². The molecule has 10 heteroatoms. The monoisotopic (exact) mass is 382 g/mol. The van der Waals surface area contributed by atoms with Crippen molar-refractivity contribution in [2.75, 3.05) is 6.61 Å². The van der Waals surface area contributed by atoms with Crippen LogP contribution in [-0.4, -0.2) is 34.3 Å². The molecule has 2 unspecified atom stereocenters. The number of alkyl halides is 3. The quantitative estimate of drug-likeness (QED) is 0.338. The van der Waals surface area contributed by atoms with Crippen LogP contribution in [0.15, 0.2) is 24.3 Å². The molecule has 0 aliphatic carbocycles. The van der Waals surface area contributed by atoms with Crippen LogP contribution in [0.25, 0.3) is 0 Å². The van der Waals surface area contributed by atoms with Gasteiger partial charge in [0.2, 0.25) is 0 Å². The number of ether oxygens (including phenoxy) is 1. The summed E-state index contributed by atoms with van der Waals surface area (Å²) in [5.41, 5.74) is 0.398. The maximum Gasteiger partial charge on any atom is 0.302 e. The second kappa shape index (κ2) is 8.90. The number of nitro benzene ring substituents is 1. The predicted octanol–water partition coefficient (Wildman–Crippen LogP) is 2.73. The highest BCUT2D eigenvalue weighted by Gasteiger charge is 2.26. The normalized spacial score (nSPS) is 13.3. The molecule has 1 rings (SSSR count). The van der Waals surface area contributed by atoms with Crippen molar-refractivity contribution in [1.29, 1.82) is 0 Å². The Hall–Kier alpha value is -1.57. The van der Waals surface area contributed by atoms with Crippen LogP contribution in [-0.2, 0) is 14.3 Å². The van der Waals surface area contributed by atoms with Crippen molar-refractivity contribution in [1.82, 2.24) is 5.32 Å². The van der Waals surface area contributed by atoms with Crippen LogP contribution < -0.4 is 5.32 Å². The van der Waals surface area contributed by atoms with Gasteiger partial charge in [-0.15, -0.1) is 11.6 Å². The van der Waals surface area contributed by atoms with Crippen LogP contribution in [0, 0.1) is 10.1 Å². The van der Waals surface area contributed by atoms with Crippen molar-refractivity contribution >= 4 is 52.4 Å². The van der Waals surface area contributed by atoms with Gasteiger partial charge in [0.1, 0.15) is 6.61 Å². The third-order valence-corrected chi connectivity index (χ3v) is 3.72. The fourth-order valence-corrected chi connectivity index (χ4v) is 2.07. The Balaban J connectivity index is 2.91. The molecule has 1 aromatic carbocycles. The summed E-state index contributed by atoms with van der Waals surface area (Å²) < 4.78 is 4.86. The maximum absolute atomic E-state index is 11.6. The minimum Gasteiger partial charge on any atom is -0.464 e. The maximum atomic E-state index is 11.6. The Labute approximate surface area is 147 Å². The number of amides is 1. The summed E-state index contributed by atoms with van der Waals surface area (Å²) in [5.74, 6) is -1.25. The topological polar surface area (TPSA) is 98.5 Å². The van der Waals surface area contributed by atoms with Crippen LogP contribution in [0.2, 0.25) is 0 Å². The van der Waals surface area contributed by atoms with E-state index in [1.807, 2.05) is 0 Å². The molecule has 0 fully saturated rings. The molecule has 0 aromatic heterocycles. The molecule has 1 N–H and O–H groups in total. The molecular formula is C13H13Cl3N2O5. The van der Waals surface area contributed by atoms with Gasteiger partial charge in [-0.1, -0.05) is 35.3 Å². The summed E-state index contributed by atoms with van der Waals surface area (Å²) in [6, 6.07) is 4.64. The lowest BCUT2D eigenvalue weighted by Crippen LogP contribution is -2.43. The van der Waals surface area contributed by atoms with Gasteiger partial charge >= 0.3 is 5.97 Å². The van der Waals surface area contributed by atoms with Crippen LogP contribution in [0.4, 0.5) is 5.69 Å². The summed E-state index contributed by atoms with van der Waals surface area (Å²) in [5, 5.41) is 12.3. The molecule has 0 bridgehead atoms. The average molecular weight is 384 g/mol. The van der Waals surface area contributed by atoms with Gasteiger partial charge in [-0.2, -0.15) is 0 Å². The number of benzene rings is 1. The molecule has 0 spiro atoms. The zero-order valence-electron chi connectivity index (χ0n) is 11.9. The molecule has 0 saturated heterocycles. The molecule has 0 saturated carbocycles. The second-order valence-electron chi connectivity index (χ2n) is 4.47. The van der Waals surface area contributed by atoms with E-state index in [1.54, 1.807) is 0 Å². The minimum atomic E-state index is -1.31. The van der Waals surface area contributed by atoms with E-state index in [0.717, 1.165) is 0 Å². The number of carbonyl (C=O) groups is 2. The van der Waals surface area contributed by atoms with Gasteiger partial charge in [-0.25, -0.2) is 0 Å². The summed E-state index contributed by atoms with van der Waals surface area (Å²) in [6.45, 7) is 1.01. The Morgan fingerprint density at radius 1 is 1.26 bits per heavy atom. The first-order valence-corrected chi connectivity index (χ1v) is 7.63. The number of nitro groups is 1. The van der Waals surface area contributed by atoms with Gasteiger partial charge in [0.25, 0.3) is 11.6 Å². The molecule has 23 heavy (non-hydrogen) atoms. The lowest BCUT2D eigenvalue weighted by Gasteiger charge is -2.23. The molecular weight excluding hydrogens is 371 g/mol. The minimum absolute atomic E-state index is 0.0974. The second-order valence-corrected chi connectivity index (χ2v) is 6.04. The standard InChI is InChI=1S/C13H13Cl3N2O5/c1-7(19)23-6-10(17-13(20)12(15)16)11(14)8-2-4-9(5-3-8)18(21)22/h2-5,10-12H,6H2,1H3,(H,17,20). The van der Waals surface area contributed by atoms with Gasteiger partial charge in [0, 0.05) is 19.1 Å². The smallest absolute Gasteiger partial charge is 0.302 e. The fourth-order valence-electron chi connectivity index (χ4n) is 1.66. The van der Waals surface area contributed by atoms with E-state index in [9.17, 15) is 19.7 Å². The number of non-ortho nitro benzene ring substituents is 1. The zero-order valence-corrected chi connectivity index (χ0v) is 14.1. The fraction of sp³-hybridized carbons (Fsp3) is 0.385. The highest BCUT2D eigenvalue weighted by Crippen LogP contribution is 2.27. The van der Waals surface area contributed by atoms with E-state index in [1.165, 1.54) is 31.2 Å². The van der Waals surface area contributed by atoms with Gasteiger partial charge in [-0.3, -0.25) is 19.7 Å². The number of rotatable bonds is 7. The van der Waals surface area contributed by atoms with Crippen LogP contribution >= 0.6 is 34.8 Å². The number of hydrogen-bond acceptors (Lipinski definition) is 5. The van der Waals surface area contributed by atoms with Gasteiger partial charge in [-0.05, 0) is 5.56 Å². The van der Waals surface area contributed by atoms with Gasteiger partial charge in [0.05, 0.1) is 16.3 Å². The lowest BCUT2D eigenvalue weighted by molar-refractivity contribution is -0.384. The first-order chi connectivity index (χ1) is 10.7. The largest absolute Gasteiger partial charge is 0.464 e. The summed E-state index contributed by atoms with van der Waals surface area (Å²) >= 11 is 17.2. The third-order valence-electron chi connectivity index (χ3n) is 2.77. The van der Waals surface area contributed by atoms with Gasteiger partial charge < -0.3 is 10.1 Å². The number of halogens is 3. The van der Waals surface area contributed by atoms with Crippen molar-refractivity contribution in [2.45, 2.75) is 23.2 Å². The van der Waals surface area contributed by atoms with Crippen LogP contribution in [0.5, 0.6) is 0 Å². The highest BCUT2D eigenvalue weighted by molar-refractivity contribution is 6.53. The Morgan fingerprint density at radius 3 is 2.26 bits per heavy atom. The van der Waals surface area contributed by atoms with E-state index in [4.69, 9.17) is 39.5 Å². The average Bonchev–Trinajstić information content (AvgIpc) is 2.50. The van der Waals surface area contributed by atoms with Crippen LogP contribution in [0.3, 0.4) is 0 Å². The molecule has 126 valence electrons. The lowest BCUT2D eigenvalue weighted by atomic mass is 10.1. The zero-order chi connectivity index (χ0) is 17.6. The van der Waals surface area contributed by atoms with Crippen molar-refractivity contribution in [2.24, 2.45) is 0 Å². The molecule has 1 amide bonds. The number of hydrogen-bond donors (Lipinski definition) is 1. The number of carbonyl (C=O) groups excluding carboxylic acids is 2. The third kappa shape index (κ3) is 6.21. The molecule has 2 atom stereocenters. The Bertz CT molecular complexity index is 579. The Morgan fingerprint density at radius 2 is 1.83 bits per heavy atom.